The summed E-state index contributed by atoms with van der Waals surface area (Å²) in [5, 5.41) is 18.2. The SMILES string of the molecule is N[C@H](CCO)c1cccc(OC(F)(F)F)c1O. The molecular weight excluding hydrogens is 239 g/mol. The monoisotopic (exact) mass is 251 g/mol. The summed E-state index contributed by atoms with van der Waals surface area (Å²) in [5.74, 6) is -1.37. The molecule has 1 rings (SSSR count). The Morgan fingerprint density at radius 3 is 2.53 bits per heavy atom. The van der Waals surface area contributed by atoms with E-state index in [1.54, 1.807) is 0 Å². The maximum atomic E-state index is 12.0. The zero-order chi connectivity index (χ0) is 13.1. The molecular formula is C10H12F3NO3. The number of rotatable bonds is 4. The first-order valence-electron chi connectivity index (χ1n) is 4.79. The van der Waals surface area contributed by atoms with E-state index in [1.165, 1.54) is 12.1 Å². The van der Waals surface area contributed by atoms with Crippen molar-refractivity contribution in [2.24, 2.45) is 5.73 Å². The average Bonchev–Trinajstić information content (AvgIpc) is 2.19. The second-order valence-corrected chi connectivity index (χ2v) is 3.36. The Labute approximate surface area is 95.4 Å². The molecule has 0 heterocycles. The van der Waals surface area contributed by atoms with Crippen LogP contribution in [0.5, 0.6) is 11.5 Å². The van der Waals surface area contributed by atoms with Crippen molar-refractivity contribution in [3.8, 4) is 11.5 Å². The lowest BCUT2D eigenvalue weighted by atomic mass is 10.0. The predicted octanol–water partition coefficient (Wildman–Crippen LogP) is 1.67. The Morgan fingerprint density at radius 2 is 2.00 bits per heavy atom. The third kappa shape index (κ3) is 3.79. The van der Waals surface area contributed by atoms with E-state index in [2.05, 4.69) is 4.74 Å². The number of aliphatic hydroxyl groups is 1. The fourth-order valence-corrected chi connectivity index (χ4v) is 1.34. The highest BCUT2D eigenvalue weighted by atomic mass is 19.4. The number of nitrogens with two attached hydrogens (primary N) is 1. The maximum absolute atomic E-state index is 12.0. The van der Waals surface area contributed by atoms with Crippen LogP contribution in [0.15, 0.2) is 18.2 Å². The summed E-state index contributed by atoms with van der Waals surface area (Å²) in [7, 11) is 0. The van der Waals surface area contributed by atoms with Gasteiger partial charge in [0.15, 0.2) is 11.5 Å². The highest BCUT2D eigenvalue weighted by Crippen LogP contribution is 2.36. The number of para-hydroxylation sites is 1. The molecule has 1 aromatic carbocycles. The molecule has 0 aromatic heterocycles. The molecule has 0 spiro atoms. The Bertz CT molecular complexity index is 382. The van der Waals surface area contributed by atoms with Gasteiger partial charge in [0.25, 0.3) is 0 Å². The van der Waals surface area contributed by atoms with Crippen LogP contribution in [0.25, 0.3) is 0 Å². The fourth-order valence-electron chi connectivity index (χ4n) is 1.34. The van der Waals surface area contributed by atoms with Crippen molar-refractivity contribution in [2.75, 3.05) is 6.61 Å². The van der Waals surface area contributed by atoms with E-state index in [-0.39, 0.29) is 18.6 Å². The van der Waals surface area contributed by atoms with Gasteiger partial charge in [0.1, 0.15) is 0 Å². The second-order valence-electron chi connectivity index (χ2n) is 3.36. The molecule has 7 heteroatoms. The molecule has 4 nitrogen and oxygen atoms in total. The van der Waals surface area contributed by atoms with Crippen LogP contribution in [0.2, 0.25) is 0 Å². The highest BCUT2D eigenvalue weighted by Gasteiger charge is 2.32. The minimum atomic E-state index is -4.88. The first-order chi connectivity index (χ1) is 7.85. The van der Waals surface area contributed by atoms with Crippen molar-refractivity contribution in [2.45, 2.75) is 18.8 Å². The molecule has 1 aromatic rings. The molecule has 4 N–H and O–H groups in total. The predicted molar refractivity (Wildman–Crippen MR) is 53.4 cm³/mol. The molecule has 0 bridgehead atoms. The Balaban J connectivity index is 2.99. The largest absolute Gasteiger partial charge is 0.573 e. The Hall–Kier alpha value is -1.47. The minimum Gasteiger partial charge on any atom is -0.504 e. The number of alkyl halides is 3. The van der Waals surface area contributed by atoms with Gasteiger partial charge >= 0.3 is 6.36 Å². The van der Waals surface area contributed by atoms with E-state index in [9.17, 15) is 18.3 Å². The smallest absolute Gasteiger partial charge is 0.504 e. The Kier molecular flexibility index (Phi) is 4.19. The van der Waals surface area contributed by atoms with Crippen molar-refractivity contribution in [3.05, 3.63) is 23.8 Å². The van der Waals surface area contributed by atoms with Gasteiger partial charge in [-0.3, -0.25) is 0 Å². The van der Waals surface area contributed by atoms with Crippen LogP contribution >= 0.6 is 0 Å². The lowest BCUT2D eigenvalue weighted by Gasteiger charge is -2.16. The second kappa shape index (κ2) is 5.24. The van der Waals surface area contributed by atoms with Crippen LogP contribution in [-0.2, 0) is 0 Å². The number of phenolic OH excluding ortho intramolecular Hbond substituents is 1. The zero-order valence-corrected chi connectivity index (χ0v) is 8.74. The Morgan fingerprint density at radius 1 is 1.35 bits per heavy atom. The quantitative estimate of drug-likeness (QED) is 0.760. The van der Waals surface area contributed by atoms with E-state index in [0.717, 1.165) is 6.07 Å². The summed E-state index contributed by atoms with van der Waals surface area (Å²) in [6.45, 7) is -0.231. The molecule has 0 radical (unpaired) electrons. The number of benzene rings is 1. The van der Waals surface area contributed by atoms with Gasteiger partial charge in [0.05, 0.1) is 0 Å². The first-order valence-corrected chi connectivity index (χ1v) is 4.79. The number of phenols is 1. The van der Waals surface area contributed by atoms with Crippen molar-refractivity contribution < 1.29 is 28.1 Å². The van der Waals surface area contributed by atoms with Crippen LogP contribution < -0.4 is 10.5 Å². The van der Waals surface area contributed by atoms with Crippen LogP contribution in [0, 0.1) is 0 Å². The van der Waals surface area contributed by atoms with Gasteiger partial charge in [-0.15, -0.1) is 13.2 Å². The summed E-state index contributed by atoms with van der Waals surface area (Å²) in [6, 6.07) is 2.89. The lowest BCUT2D eigenvalue weighted by molar-refractivity contribution is -0.275. The van der Waals surface area contributed by atoms with Gasteiger partial charge in [-0.25, -0.2) is 0 Å². The van der Waals surface area contributed by atoms with Crippen molar-refractivity contribution in [1.29, 1.82) is 0 Å². The molecule has 1 atom stereocenters. The standard InChI is InChI=1S/C10H12F3NO3/c11-10(12,13)17-8-3-1-2-6(9(8)16)7(14)4-5-15/h1-3,7,15-16H,4-5,14H2/t7-/m1/s1. The van der Waals surface area contributed by atoms with Crippen molar-refractivity contribution in [3.63, 3.8) is 0 Å². The number of aromatic hydroxyl groups is 1. The minimum absolute atomic E-state index is 0.0980. The highest BCUT2D eigenvalue weighted by molar-refractivity contribution is 5.46. The summed E-state index contributed by atoms with van der Waals surface area (Å²) in [5.41, 5.74) is 5.68. The fraction of sp³-hybridized carbons (Fsp3) is 0.400. The van der Waals surface area contributed by atoms with Crippen LogP contribution in [-0.4, -0.2) is 23.2 Å². The summed E-state index contributed by atoms with van der Waals surface area (Å²) < 4.78 is 39.6. The normalized spacial score (nSPS) is 13.5. The maximum Gasteiger partial charge on any atom is 0.573 e. The molecule has 96 valence electrons. The van der Waals surface area contributed by atoms with Crippen LogP contribution in [0.4, 0.5) is 13.2 Å². The summed E-state index contributed by atoms with van der Waals surface area (Å²) >= 11 is 0. The van der Waals surface area contributed by atoms with E-state index in [0.29, 0.717) is 0 Å². The number of hydrogen-bond donors (Lipinski definition) is 3. The topological polar surface area (TPSA) is 75.7 Å². The molecule has 0 unspecified atom stereocenters. The molecule has 17 heavy (non-hydrogen) atoms. The zero-order valence-electron chi connectivity index (χ0n) is 8.74. The lowest BCUT2D eigenvalue weighted by Crippen LogP contribution is -2.18. The van der Waals surface area contributed by atoms with E-state index < -0.39 is 23.9 Å². The molecule has 0 aliphatic heterocycles. The van der Waals surface area contributed by atoms with Gasteiger partial charge in [-0.05, 0) is 12.5 Å². The molecule has 0 saturated carbocycles. The molecule has 0 fully saturated rings. The van der Waals surface area contributed by atoms with Gasteiger partial charge in [-0.1, -0.05) is 12.1 Å². The average molecular weight is 251 g/mol. The number of ether oxygens (including phenoxy) is 1. The van der Waals surface area contributed by atoms with Gasteiger partial charge in [-0.2, -0.15) is 0 Å². The van der Waals surface area contributed by atoms with Crippen molar-refractivity contribution >= 4 is 0 Å². The van der Waals surface area contributed by atoms with Crippen molar-refractivity contribution in [1.82, 2.24) is 0 Å². The van der Waals surface area contributed by atoms with E-state index in [4.69, 9.17) is 10.8 Å². The van der Waals surface area contributed by atoms with Gasteiger partial charge in [0, 0.05) is 18.2 Å². The number of halogens is 3. The molecule has 0 saturated heterocycles. The van der Waals surface area contributed by atoms with Gasteiger partial charge in [0.2, 0.25) is 0 Å². The van der Waals surface area contributed by atoms with Crippen LogP contribution in [0.3, 0.4) is 0 Å². The third-order valence-corrected chi connectivity index (χ3v) is 2.10. The van der Waals surface area contributed by atoms with E-state index in [1.807, 2.05) is 0 Å². The summed E-state index contributed by atoms with van der Waals surface area (Å²) in [6.07, 6.45) is -4.75. The summed E-state index contributed by atoms with van der Waals surface area (Å²) in [4.78, 5) is 0. The molecule has 0 aliphatic carbocycles. The van der Waals surface area contributed by atoms with Gasteiger partial charge < -0.3 is 20.7 Å². The number of aliphatic hydroxyl groups excluding tert-OH is 1. The third-order valence-electron chi connectivity index (χ3n) is 2.10. The van der Waals surface area contributed by atoms with E-state index >= 15 is 0 Å². The molecule has 0 aliphatic rings. The number of hydrogen-bond acceptors (Lipinski definition) is 4. The first kappa shape index (κ1) is 13.6. The van der Waals surface area contributed by atoms with Crippen LogP contribution in [0.1, 0.15) is 18.0 Å². The molecule has 0 amide bonds.